The minimum absolute atomic E-state index is 0.161. The molecule has 3 rings (SSSR count). The lowest BCUT2D eigenvalue weighted by molar-refractivity contribution is -0.118. The number of methoxy groups -OCH3 is 1. The predicted octanol–water partition coefficient (Wildman–Crippen LogP) is 5.35. The van der Waals surface area contributed by atoms with Crippen LogP contribution in [0.15, 0.2) is 78.4 Å². The standard InChI is InChI=1S/C26H23Cl2N3O5/c1-3-11-35-22-10-9-18(14-23(22)34-2)26(33)31-29-15-17-12-20(27)25(21(28)13-17)36-16-24(32)30-19-7-5-4-6-8-19/h3-10,12-15H,1,11,16H2,2H3,(H,30,32)(H,31,33)/b29-15+. The van der Waals surface area contributed by atoms with E-state index in [1.165, 1.54) is 19.4 Å². The Morgan fingerprint density at radius 2 is 1.72 bits per heavy atom. The van der Waals surface area contributed by atoms with Gasteiger partial charge in [0.15, 0.2) is 23.9 Å². The summed E-state index contributed by atoms with van der Waals surface area (Å²) >= 11 is 12.6. The number of hydrogen-bond donors (Lipinski definition) is 2. The third-order valence-electron chi connectivity index (χ3n) is 4.59. The van der Waals surface area contributed by atoms with Gasteiger partial charge >= 0.3 is 0 Å². The Balaban J connectivity index is 1.59. The lowest BCUT2D eigenvalue weighted by Gasteiger charge is -2.11. The first-order valence-electron chi connectivity index (χ1n) is 10.6. The molecule has 2 amide bonds. The average Bonchev–Trinajstić information content (AvgIpc) is 2.87. The van der Waals surface area contributed by atoms with Crippen molar-refractivity contribution >= 4 is 46.9 Å². The number of carbonyl (C=O) groups excluding carboxylic acids is 2. The maximum Gasteiger partial charge on any atom is 0.271 e. The minimum atomic E-state index is -0.457. The molecule has 0 spiro atoms. The average molecular weight is 528 g/mol. The fourth-order valence-corrected chi connectivity index (χ4v) is 3.57. The van der Waals surface area contributed by atoms with Crippen molar-refractivity contribution in [3.05, 3.63) is 94.5 Å². The Labute approximate surface area is 218 Å². The van der Waals surface area contributed by atoms with E-state index in [2.05, 4.69) is 22.4 Å². The highest BCUT2D eigenvalue weighted by atomic mass is 35.5. The van der Waals surface area contributed by atoms with Crippen molar-refractivity contribution in [2.75, 3.05) is 25.6 Å². The smallest absolute Gasteiger partial charge is 0.271 e. The van der Waals surface area contributed by atoms with Crippen molar-refractivity contribution in [2.45, 2.75) is 0 Å². The van der Waals surface area contributed by atoms with Gasteiger partial charge in [0.2, 0.25) is 0 Å². The fourth-order valence-electron chi connectivity index (χ4n) is 2.95. The van der Waals surface area contributed by atoms with Crippen molar-refractivity contribution in [1.29, 1.82) is 0 Å². The predicted molar refractivity (Wildman–Crippen MR) is 141 cm³/mol. The van der Waals surface area contributed by atoms with Gasteiger partial charge in [-0.3, -0.25) is 9.59 Å². The molecule has 0 heterocycles. The lowest BCUT2D eigenvalue weighted by Crippen LogP contribution is -2.20. The number of amides is 2. The summed E-state index contributed by atoms with van der Waals surface area (Å²) in [6.07, 6.45) is 2.98. The number of nitrogens with zero attached hydrogens (tertiary/aromatic N) is 1. The number of hydrogen-bond acceptors (Lipinski definition) is 6. The molecule has 0 aliphatic carbocycles. The number of carbonyl (C=O) groups is 2. The quantitative estimate of drug-likeness (QED) is 0.199. The van der Waals surface area contributed by atoms with Gasteiger partial charge in [0.25, 0.3) is 11.8 Å². The molecule has 2 N–H and O–H groups in total. The first kappa shape index (κ1) is 26.6. The third kappa shape index (κ3) is 7.49. The Hall–Kier alpha value is -4.01. The Morgan fingerprint density at radius 1 is 1.00 bits per heavy atom. The zero-order valence-corrected chi connectivity index (χ0v) is 20.8. The van der Waals surface area contributed by atoms with Crippen LogP contribution in [0.4, 0.5) is 5.69 Å². The topological polar surface area (TPSA) is 98.3 Å². The van der Waals surface area contributed by atoms with Crippen LogP contribution in [0.25, 0.3) is 0 Å². The Kier molecular flexibility index (Phi) is 9.73. The second-order valence-corrected chi connectivity index (χ2v) is 8.00. The molecular weight excluding hydrogens is 505 g/mol. The number of hydrazone groups is 1. The molecule has 0 radical (unpaired) electrons. The van der Waals surface area contributed by atoms with Gasteiger partial charge in [-0.2, -0.15) is 5.10 Å². The summed E-state index contributed by atoms with van der Waals surface area (Å²) in [5.41, 5.74) is 3.91. The summed E-state index contributed by atoms with van der Waals surface area (Å²) in [5.74, 6) is 0.232. The van der Waals surface area contributed by atoms with Crippen molar-refractivity contribution in [3.63, 3.8) is 0 Å². The summed E-state index contributed by atoms with van der Waals surface area (Å²) in [7, 11) is 1.48. The van der Waals surface area contributed by atoms with Gasteiger partial charge in [0.1, 0.15) is 6.61 Å². The summed E-state index contributed by atoms with van der Waals surface area (Å²) in [4.78, 5) is 24.5. The van der Waals surface area contributed by atoms with Crippen molar-refractivity contribution < 1.29 is 23.8 Å². The molecule has 0 atom stereocenters. The second kappa shape index (κ2) is 13.2. The van der Waals surface area contributed by atoms with Crippen LogP contribution >= 0.6 is 23.2 Å². The van der Waals surface area contributed by atoms with Crippen LogP contribution in [0.2, 0.25) is 10.0 Å². The molecule has 10 heteroatoms. The van der Waals surface area contributed by atoms with E-state index in [1.807, 2.05) is 6.07 Å². The molecular formula is C26H23Cl2N3O5. The van der Waals surface area contributed by atoms with Crippen LogP contribution in [0.1, 0.15) is 15.9 Å². The highest BCUT2D eigenvalue weighted by Gasteiger charge is 2.13. The van der Waals surface area contributed by atoms with Gasteiger partial charge in [0.05, 0.1) is 23.4 Å². The molecule has 3 aromatic carbocycles. The van der Waals surface area contributed by atoms with E-state index in [-0.39, 0.29) is 28.3 Å². The molecule has 3 aromatic rings. The monoisotopic (exact) mass is 527 g/mol. The van der Waals surface area contributed by atoms with E-state index >= 15 is 0 Å². The molecule has 0 saturated carbocycles. The van der Waals surface area contributed by atoms with Crippen LogP contribution < -0.4 is 25.0 Å². The summed E-state index contributed by atoms with van der Waals surface area (Å²) in [6.45, 7) is 3.62. The largest absolute Gasteiger partial charge is 0.493 e. The highest BCUT2D eigenvalue weighted by Crippen LogP contribution is 2.34. The van der Waals surface area contributed by atoms with Gasteiger partial charge in [-0.05, 0) is 48.0 Å². The van der Waals surface area contributed by atoms with Gasteiger partial charge in [0, 0.05) is 11.3 Å². The van der Waals surface area contributed by atoms with E-state index in [4.69, 9.17) is 37.4 Å². The number of para-hydroxylation sites is 1. The Morgan fingerprint density at radius 3 is 2.39 bits per heavy atom. The van der Waals surface area contributed by atoms with Crippen molar-refractivity contribution in [1.82, 2.24) is 5.43 Å². The molecule has 0 unspecified atom stereocenters. The van der Waals surface area contributed by atoms with Crippen LogP contribution in [-0.4, -0.2) is 38.4 Å². The van der Waals surface area contributed by atoms with Gasteiger partial charge < -0.3 is 19.5 Å². The summed E-state index contributed by atoms with van der Waals surface area (Å²) < 4.78 is 16.2. The normalized spacial score (nSPS) is 10.5. The van der Waals surface area contributed by atoms with E-state index in [0.29, 0.717) is 34.9 Å². The third-order valence-corrected chi connectivity index (χ3v) is 5.15. The molecule has 8 nitrogen and oxygen atoms in total. The number of anilines is 1. The van der Waals surface area contributed by atoms with E-state index in [0.717, 1.165) is 0 Å². The summed E-state index contributed by atoms with van der Waals surface area (Å²) in [6, 6.07) is 16.8. The molecule has 186 valence electrons. The van der Waals surface area contributed by atoms with Crippen LogP contribution in [0.3, 0.4) is 0 Å². The number of halogens is 2. The van der Waals surface area contributed by atoms with Crippen LogP contribution in [-0.2, 0) is 4.79 Å². The number of benzene rings is 3. The van der Waals surface area contributed by atoms with E-state index in [1.54, 1.807) is 54.6 Å². The highest BCUT2D eigenvalue weighted by molar-refractivity contribution is 6.37. The molecule has 0 aliphatic rings. The van der Waals surface area contributed by atoms with Crippen LogP contribution in [0.5, 0.6) is 17.2 Å². The first-order valence-corrected chi connectivity index (χ1v) is 11.4. The second-order valence-electron chi connectivity index (χ2n) is 7.18. The zero-order valence-electron chi connectivity index (χ0n) is 19.3. The molecule has 0 fully saturated rings. The van der Waals surface area contributed by atoms with Gasteiger partial charge in [-0.25, -0.2) is 5.43 Å². The maximum absolute atomic E-state index is 12.4. The minimum Gasteiger partial charge on any atom is -0.493 e. The Bertz CT molecular complexity index is 1240. The summed E-state index contributed by atoms with van der Waals surface area (Å²) in [5, 5.41) is 7.02. The van der Waals surface area contributed by atoms with Crippen molar-refractivity contribution in [2.24, 2.45) is 5.10 Å². The molecule has 0 aliphatic heterocycles. The first-order chi connectivity index (χ1) is 17.4. The number of ether oxygens (including phenoxy) is 3. The van der Waals surface area contributed by atoms with E-state index in [9.17, 15) is 9.59 Å². The molecule has 0 aromatic heterocycles. The van der Waals surface area contributed by atoms with Crippen LogP contribution in [0, 0.1) is 0 Å². The number of nitrogens with one attached hydrogen (secondary N) is 2. The SMILES string of the molecule is C=CCOc1ccc(C(=O)N/N=C/c2cc(Cl)c(OCC(=O)Nc3ccccc3)c(Cl)c2)cc1OC. The maximum atomic E-state index is 12.4. The van der Waals surface area contributed by atoms with Gasteiger partial charge in [-0.15, -0.1) is 0 Å². The number of rotatable bonds is 11. The fraction of sp³-hybridized carbons (Fsp3) is 0.115. The van der Waals surface area contributed by atoms with Crippen molar-refractivity contribution in [3.8, 4) is 17.2 Å². The van der Waals surface area contributed by atoms with Gasteiger partial charge in [-0.1, -0.05) is 54.1 Å². The molecule has 36 heavy (non-hydrogen) atoms. The molecule has 0 saturated heterocycles. The zero-order chi connectivity index (χ0) is 25.9. The van der Waals surface area contributed by atoms with E-state index < -0.39 is 5.91 Å². The lowest BCUT2D eigenvalue weighted by atomic mass is 10.2. The molecule has 0 bridgehead atoms.